The van der Waals surface area contributed by atoms with Gasteiger partial charge in [0.05, 0.1) is 27.9 Å². The highest BCUT2D eigenvalue weighted by molar-refractivity contribution is 7.16. The summed E-state index contributed by atoms with van der Waals surface area (Å²) in [5.41, 5.74) is 0. The Morgan fingerprint density at radius 1 is 1.17 bits per heavy atom. The van der Waals surface area contributed by atoms with Crippen LogP contribution in [0.1, 0.15) is 11.3 Å². The fourth-order valence-corrected chi connectivity index (χ4v) is 5.37. The second-order valence-corrected chi connectivity index (χ2v) is 7.91. The number of thiophene rings is 1. The van der Waals surface area contributed by atoms with Gasteiger partial charge in [0.2, 0.25) is 0 Å². The van der Waals surface area contributed by atoms with E-state index < -0.39 is 4.92 Å². The summed E-state index contributed by atoms with van der Waals surface area (Å²) in [6.07, 6.45) is 6.71. The number of carbonyl (C=O) groups excluding carboxylic acids is 2. The quantitative estimate of drug-likeness (QED) is 0.276. The molecule has 2 amide bonds. The summed E-state index contributed by atoms with van der Waals surface area (Å²) in [6, 6.07) is 2.95. The van der Waals surface area contributed by atoms with Crippen molar-refractivity contribution in [3.8, 4) is 0 Å². The van der Waals surface area contributed by atoms with E-state index in [1.807, 2.05) is 0 Å². The molecule has 0 N–H and O–H groups in total. The van der Waals surface area contributed by atoms with Crippen molar-refractivity contribution in [2.75, 3.05) is 0 Å². The van der Waals surface area contributed by atoms with Gasteiger partial charge in [-0.15, -0.1) is 0 Å². The van der Waals surface area contributed by atoms with Crippen LogP contribution in [-0.2, 0) is 9.59 Å². The molecule has 6 atom stereocenters. The molecule has 2 bridgehead atoms. The first-order valence-corrected chi connectivity index (χ1v) is 8.72. The van der Waals surface area contributed by atoms with Gasteiger partial charge < -0.3 is 0 Å². The zero-order chi connectivity index (χ0) is 16.6. The van der Waals surface area contributed by atoms with E-state index in [2.05, 4.69) is 17.3 Å². The SMILES string of the molecule is O=C1[C@@H]2[C@H]3C=C[C@@H]([C@@H]4C[C@@H]34)[C@@H]2C(=O)N1/N=C\c1ccc([N+](=O)[O-])s1. The molecule has 1 aromatic heterocycles. The van der Waals surface area contributed by atoms with Crippen LogP contribution in [0.5, 0.6) is 0 Å². The summed E-state index contributed by atoms with van der Waals surface area (Å²) in [5.74, 6) is 0.462. The van der Waals surface area contributed by atoms with Crippen LogP contribution < -0.4 is 0 Å². The molecule has 6 rings (SSSR count). The summed E-state index contributed by atoms with van der Waals surface area (Å²) in [7, 11) is 0. The molecular formula is C16H13N3O4S. The molecule has 8 heteroatoms. The zero-order valence-corrected chi connectivity index (χ0v) is 13.3. The number of carbonyl (C=O) groups is 2. The minimum absolute atomic E-state index is 0.00604. The lowest BCUT2D eigenvalue weighted by Crippen LogP contribution is -2.40. The summed E-state index contributed by atoms with van der Waals surface area (Å²) < 4.78 is 0. The molecule has 2 saturated carbocycles. The molecule has 24 heavy (non-hydrogen) atoms. The van der Waals surface area contributed by atoms with E-state index in [4.69, 9.17) is 0 Å². The van der Waals surface area contributed by atoms with Crippen molar-refractivity contribution in [2.24, 2.45) is 40.6 Å². The molecule has 2 heterocycles. The topological polar surface area (TPSA) is 92.9 Å². The summed E-state index contributed by atoms with van der Waals surface area (Å²) >= 11 is 0.963. The monoisotopic (exact) mass is 343 g/mol. The van der Waals surface area contributed by atoms with Crippen LogP contribution >= 0.6 is 11.3 Å². The standard InChI is InChI=1S/C16H13N3O4S/c20-15-13-8-2-3-9(11-5-10(8)11)14(13)16(21)18(15)17-6-7-1-4-12(24-7)19(22)23/h1-4,6,8-11,13-14H,5H2/b17-6-/t8-,9-,10-,11-,13-,14+/m0/s1. The van der Waals surface area contributed by atoms with E-state index in [0.29, 0.717) is 16.7 Å². The average Bonchev–Trinajstić information content (AvgIpc) is 3.20. The number of hydrogen-bond acceptors (Lipinski definition) is 6. The molecular weight excluding hydrogens is 330 g/mol. The van der Waals surface area contributed by atoms with E-state index in [1.54, 1.807) is 6.07 Å². The van der Waals surface area contributed by atoms with Crippen molar-refractivity contribution >= 4 is 34.4 Å². The number of allylic oxidation sites excluding steroid dienone is 2. The maximum Gasteiger partial charge on any atom is 0.324 e. The van der Waals surface area contributed by atoms with Gasteiger partial charge >= 0.3 is 5.00 Å². The molecule has 1 aliphatic heterocycles. The van der Waals surface area contributed by atoms with Gasteiger partial charge in [-0.05, 0) is 36.2 Å². The lowest BCUT2D eigenvalue weighted by Gasteiger charge is -2.37. The molecule has 122 valence electrons. The first-order chi connectivity index (χ1) is 11.6. The van der Waals surface area contributed by atoms with E-state index >= 15 is 0 Å². The number of hydrazone groups is 1. The smallest absolute Gasteiger partial charge is 0.272 e. The van der Waals surface area contributed by atoms with E-state index in [1.165, 1.54) is 12.3 Å². The second-order valence-electron chi connectivity index (χ2n) is 6.82. The predicted octanol–water partition coefficient (Wildman–Crippen LogP) is 2.04. The normalized spacial score (nSPS) is 38.8. The Bertz CT molecular complexity index is 808. The van der Waals surface area contributed by atoms with Gasteiger partial charge in [0.15, 0.2) is 0 Å². The third-order valence-corrected chi connectivity index (χ3v) is 6.70. The third-order valence-electron chi connectivity index (χ3n) is 5.73. The Kier molecular flexibility index (Phi) is 2.69. The fraction of sp³-hybridized carbons (Fsp3) is 0.438. The van der Waals surface area contributed by atoms with Gasteiger partial charge in [0, 0.05) is 6.07 Å². The summed E-state index contributed by atoms with van der Waals surface area (Å²) in [5, 5.41) is 15.8. The van der Waals surface area contributed by atoms with Crippen molar-refractivity contribution in [2.45, 2.75) is 6.42 Å². The molecule has 0 aromatic carbocycles. The van der Waals surface area contributed by atoms with Crippen molar-refractivity contribution in [1.82, 2.24) is 5.01 Å². The van der Waals surface area contributed by atoms with E-state index in [-0.39, 0.29) is 40.5 Å². The Morgan fingerprint density at radius 2 is 1.79 bits per heavy atom. The van der Waals surface area contributed by atoms with Crippen molar-refractivity contribution in [1.29, 1.82) is 0 Å². The number of rotatable bonds is 3. The average molecular weight is 343 g/mol. The van der Waals surface area contributed by atoms with Crippen LogP contribution in [0.3, 0.4) is 0 Å². The first kappa shape index (κ1) is 14.0. The highest BCUT2D eigenvalue weighted by Crippen LogP contribution is 2.65. The maximum atomic E-state index is 12.7. The highest BCUT2D eigenvalue weighted by atomic mass is 32.1. The molecule has 0 spiro atoms. The molecule has 1 saturated heterocycles. The summed E-state index contributed by atoms with van der Waals surface area (Å²) in [6.45, 7) is 0. The number of nitrogens with zero attached hydrogens (tertiary/aromatic N) is 3. The van der Waals surface area contributed by atoms with Gasteiger partial charge in [0.25, 0.3) is 11.8 Å². The van der Waals surface area contributed by atoms with Gasteiger partial charge in [-0.2, -0.15) is 10.1 Å². The van der Waals surface area contributed by atoms with Crippen LogP contribution in [0.25, 0.3) is 0 Å². The van der Waals surface area contributed by atoms with Crippen LogP contribution in [0.2, 0.25) is 0 Å². The van der Waals surface area contributed by atoms with Crippen molar-refractivity contribution < 1.29 is 14.5 Å². The van der Waals surface area contributed by atoms with Crippen molar-refractivity contribution in [3.63, 3.8) is 0 Å². The number of amides is 2. The largest absolute Gasteiger partial charge is 0.324 e. The van der Waals surface area contributed by atoms with Gasteiger partial charge in [-0.25, -0.2) is 0 Å². The summed E-state index contributed by atoms with van der Waals surface area (Å²) in [4.78, 5) is 36.2. The van der Waals surface area contributed by atoms with Crippen LogP contribution in [0, 0.1) is 45.6 Å². The molecule has 3 fully saturated rings. The maximum absolute atomic E-state index is 12.7. The predicted molar refractivity (Wildman–Crippen MR) is 85.1 cm³/mol. The van der Waals surface area contributed by atoms with Gasteiger partial charge in [-0.1, -0.05) is 23.5 Å². The number of nitro groups is 1. The molecule has 4 aliphatic carbocycles. The minimum atomic E-state index is -0.474. The zero-order valence-electron chi connectivity index (χ0n) is 12.4. The molecule has 5 aliphatic rings. The highest BCUT2D eigenvalue weighted by Gasteiger charge is 2.67. The lowest BCUT2D eigenvalue weighted by molar-refractivity contribution is -0.380. The van der Waals surface area contributed by atoms with Crippen LogP contribution in [0.4, 0.5) is 5.00 Å². The first-order valence-electron chi connectivity index (χ1n) is 7.90. The number of imide groups is 1. The molecule has 7 nitrogen and oxygen atoms in total. The Hall–Kier alpha value is -2.35. The Balaban J connectivity index is 1.42. The Labute approximate surface area is 140 Å². The number of hydrogen-bond donors (Lipinski definition) is 0. The lowest BCUT2D eigenvalue weighted by atomic mass is 9.63. The van der Waals surface area contributed by atoms with Crippen LogP contribution in [-0.4, -0.2) is 28.0 Å². The fourth-order valence-electron chi connectivity index (χ4n) is 4.68. The molecule has 0 unspecified atom stereocenters. The molecule has 1 aromatic rings. The van der Waals surface area contributed by atoms with Gasteiger partial charge in [-0.3, -0.25) is 19.7 Å². The van der Waals surface area contributed by atoms with E-state index in [0.717, 1.165) is 22.8 Å². The van der Waals surface area contributed by atoms with Crippen LogP contribution in [0.15, 0.2) is 29.4 Å². The van der Waals surface area contributed by atoms with Gasteiger partial charge in [0.1, 0.15) is 0 Å². The molecule has 0 radical (unpaired) electrons. The third kappa shape index (κ3) is 1.74. The minimum Gasteiger partial charge on any atom is -0.272 e. The van der Waals surface area contributed by atoms with E-state index in [9.17, 15) is 19.7 Å². The Morgan fingerprint density at radius 3 is 2.33 bits per heavy atom. The second kappa shape index (κ2) is 4.60. The van der Waals surface area contributed by atoms with Crippen molar-refractivity contribution in [3.05, 3.63) is 39.3 Å².